The molecule has 28 heavy (non-hydrogen) atoms. The third-order valence-electron chi connectivity index (χ3n) is 4.10. The number of alkyl halides is 3. The number of piperazine rings is 1. The quantitative estimate of drug-likeness (QED) is 0.592. The van der Waals surface area contributed by atoms with E-state index in [1.165, 1.54) is 0 Å². The van der Waals surface area contributed by atoms with Gasteiger partial charge in [0.1, 0.15) is 10.6 Å². The Morgan fingerprint density at radius 2 is 2.07 bits per heavy atom. The van der Waals surface area contributed by atoms with Crippen molar-refractivity contribution in [3.63, 3.8) is 0 Å². The molecule has 1 unspecified atom stereocenters. The molecular weight excluding hydrogens is 510 g/mol. The van der Waals surface area contributed by atoms with Gasteiger partial charge >= 0.3 is 12.3 Å². The summed E-state index contributed by atoms with van der Waals surface area (Å²) in [6, 6.07) is 0.0378. The molecule has 7 nitrogen and oxygen atoms in total. The van der Waals surface area contributed by atoms with Crippen LogP contribution in [-0.2, 0) is 17.5 Å². The van der Waals surface area contributed by atoms with E-state index in [4.69, 9.17) is 4.74 Å². The number of aromatic nitrogens is 1. The molecule has 3 rings (SSSR count). The second-order valence-electron chi connectivity index (χ2n) is 7.42. The average Bonchev–Trinajstić information content (AvgIpc) is 3.17. The standard InChI is InChI=1S/C16H22F3N5O2S.HI/c1-15(2,3)26-14(25)23-4-5-24-10(8-23)6-20-13(24)21-7-12-22-11(9-27-12)16(17,18)19;/h9-10H,4-8H2,1-3H3,(H,20,21);1H. The summed E-state index contributed by atoms with van der Waals surface area (Å²) in [4.78, 5) is 24.0. The number of thiazole rings is 1. The molecule has 1 fully saturated rings. The van der Waals surface area contributed by atoms with E-state index in [0.29, 0.717) is 37.1 Å². The molecule has 1 N–H and O–H groups in total. The predicted octanol–water partition coefficient (Wildman–Crippen LogP) is 3.16. The molecule has 0 spiro atoms. The molecule has 0 radical (unpaired) electrons. The van der Waals surface area contributed by atoms with Crippen molar-refractivity contribution in [2.24, 2.45) is 4.99 Å². The van der Waals surface area contributed by atoms with E-state index in [0.717, 1.165) is 16.7 Å². The minimum absolute atomic E-state index is 0. The number of ether oxygens (including phenoxy) is 1. The van der Waals surface area contributed by atoms with Gasteiger partial charge in [0.25, 0.3) is 0 Å². The Kier molecular flexibility index (Phi) is 7.05. The minimum Gasteiger partial charge on any atom is -0.444 e. The molecule has 2 aliphatic rings. The Balaban J connectivity index is 0.00000280. The van der Waals surface area contributed by atoms with Crippen LogP contribution >= 0.6 is 35.3 Å². The number of hydrogen-bond acceptors (Lipinski definition) is 7. The fourth-order valence-corrected chi connectivity index (χ4v) is 3.64. The Bertz CT molecular complexity index is 735. The minimum atomic E-state index is -4.43. The SMILES string of the molecule is CC(C)(C)OC(=O)N1CCN2C(NCc3nc(C(F)(F)F)cs3)=NCC2C1.I. The highest BCUT2D eigenvalue weighted by Gasteiger charge is 2.37. The summed E-state index contributed by atoms with van der Waals surface area (Å²) in [6.45, 7) is 7.76. The largest absolute Gasteiger partial charge is 0.444 e. The molecule has 12 heteroatoms. The van der Waals surface area contributed by atoms with Crippen LogP contribution in [0, 0.1) is 0 Å². The van der Waals surface area contributed by atoms with Gasteiger partial charge in [-0.05, 0) is 20.8 Å². The van der Waals surface area contributed by atoms with Crippen molar-refractivity contribution in [1.29, 1.82) is 0 Å². The molecule has 1 amide bonds. The van der Waals surface area contributed by atoms with Crippen LogP contribution in [0.15, 0.2) is 10.4 Å². The normalized spacial score (nSPS) is 19.6. The number of amides is 1. The van der Waals surface area contributed by atoms with Crippen LogP contribution in [0.3, 0.4) is 0 Å². The van der Waals surface area contributed by atoms with Gasteiger partial charge in [-0.25, -0.2) is 9.78 Å². The zero-order valence-electron chi connectivity index (χ0n) is 15.7. The van der Waals surface area contributed by atoms with E-state index in [9.17, 15) is 18.0 Å². The summed E-state index contributed by atoms with van der Waals surface area (Å²) in [5.74, 6) is 0.632. The van der Waals surface area contributed by atoms with Gasteiger partial charge in [-0.2, -0.15) is 13.2 Å². The van der Waals surface area contributed by atoms with Crippen LogP contribution in [0.2, 0.25) is 0 Å². The van der Waals surface area contributed by atoms with Crippen molar-refractivity contribution in [2.75, 3.05) is 26.2 Å². The summed E-state index contributed by atoms with van der Waals surface area (Å²) in [7, 11) is 0. The smallest absolute Gasteiger partial charge is 0.434 e. The number of nitrogens with zero attached hydrogens (tertiary/aromatic N) is 4. The monoisotopic (exact) mass is 533 g/mol. The third-order valence-corrected chi connectivity index (χ3v) is 4.95. The van der Waals surface area contributed by atoms with E-state index >= 15 is 0 Å². The Hall–Kier alpha value is -1.31. The third kappa shape index (κ3) is 5.61. The van der Waals surface area contributed by atoms with Crippen molar-refractivity contribution in [1.82, 2.24) is 20.1 Å². The van der Waals surface area contributed by atoms with Crippen molar-refractivity contribution >= 4 is 47.4 Å². The Labute approximate surface area is 182 Å². The highest BCUT2D eigenvalue weighted by molar-refractivity contribution is 14.0. The molecule has 158 valence electrons. The van der Waals surface area contributed by atoms with Crippen LogP contribution in [-0.4, -0.2) is 64.7 Å². The van der Waals surface area contributed by atoms with Crippen molar-refractivity contribution in [3.8, 4) is 0 Å². The number of rotatable bonds is 2. The van der Waals surface area contributed by atoms with E-state index in [1.807, 2.05) is 25.7 Å². The molecule has 0 aromatic carbocycles. The molecule has 1 aromatic rings. The van der Waals surface area contributed by atoms with Gasteiger partial charge in [0, 0.05) is 25.0 Å². The molecular formula is C16H23F3IN5O2S. The van der Waals surface area contributed by atoms with Gasteiger partial charge in [0.05, 0.1) is 19.1 Å². The highest BCUT2D eigenvalue weighted by Crippen LogP contribution is 2.30. The fourth-order valence-electron chi connectivity index (χ4n) is 2.90. The van der Waals surface area contributed by atoms with E-state index < -0.39 is 17.5 Å². The lowest BCUT2D eigenvalue weighted by atomic mass is 10.2. The first-order chi connectivity index (χ1) is 12.5. The van der Waals surface area contributed by atoms with Crippen LogP contribution in [0.25, 0.3) is 0 Å². The van der Waals surface area contributed by atoms with E-state index in [1.54, 1.807) is 4.90 Å². The fraction of sp³-hybridized carbons (Fsp3) is 0.688. The molecule has 1 atom stereocenters. The summed E-state index contributed by atoms with van der Waals surface area (Å²) in [6.07, 6.45) is -4.77. The Morgan fingerprint density at radius 1 is 1.36 bits per heavy atom. The number of hydrogen-bond donors (Lipinski definition) is 1. The molecule has 1 aromatic heterocycles. The van der Waals surface area contributed by atoms with Crippen molar-refractivity contribution < 1.29 is 22.7 Å². The Morgan fingerprint density at radius 3 is 2.68 bits per heavy atom. The van der Waals surface area contributed by atoms with Crippen LogP contribution in [0.1, 0.15) is 31.5 Å². The highest BCUT2D eigenvalue weighted by atomic mass is 127. The molecule has 1 saturated heterocycles. The maximum atomic E-state index is 12.6. The number of aliphatic imine (C=N–C) groups is 1. The maximum absolute atomic E-state index is 12.6. The van der Waals surface area contributed by atoms with Crippen LogP contribution in [0.4, 0.5) is 18.0 Å². The number of guanidine groups is 1. The molecule has 3 heterocycles. The van der Waals surface area contributed by atoms with Gasteiger partial charge in [-0.3, -0.25) is 4.99 Å². The second-order valence-corrected chi connectivity index (χ2v) is 8.36. The molecule has 0 aliphatic carbocycles. The second kappa shape index (κ2) is 8.59. The topological polar surface area (TPSA) is 70.1 Å². The van der Waals surface area contributed by atoms with E-state index in [2.05, 4.69) is 15.3 Å². The lowest BCUT2D eigenvalue weighted by Gasteiger charge is -2.39. The van der Waals surface area contributed by atoms with Crippen LogP contribution < -0.4 is 5.32 Å². The average molecular weight is 533 g/mol. The molecule has 0 bridgehead atoms. The summed E-state index contributed by atoms with van der Waals surface area (Å²) >= 11 is 0.962. The van der Waals surface area contributed by atoms with Gasteiger partial charge in [-0.15, -0.1) is 35.3 Å². The van der Waals surface area contributed by atoms with Gasteiger partial charge in [-0.1, -0.05) is 0 Å². The van der Waals surface area contributed by atoms with Crippen molar-refractivity contribution in [2.45, 2.75) is 45.1 Å². The molecule has 0 saturated carbocycles. The zero-order chi connectivity index (χ0) is 19.8. The number of halogens is 4. The number of carbonyl (C=O) groups is 1. The summed E-state index contributed by atoms with van der Waals surface area (Å²) in [5, 5.41) is 4.42. The van der Waals surface area contributed by atoms with Gasteiger partial charge in [0.2, 0.25) is 0 Å². The number of nitrogens with one attached hydrogen (secondary N) is 1. The first-order valence-corrected chi connectivity index (χ1v) is 9.45. The van der Waals surface area contributed by atoms with Gasteiger partial charge in [0.15, 0.2) is 11.7 Å². The predicted molar refractivity (Wildman–Crippen MR) is 110 cm³/mol. The first kappa shape index (κ1) is 23.0. The lowest BCUT2D eigenvalue weighted by Crippen LogP contribution is -2.57. The summed E-state index contributed by atoms with van der Waals surface area (Å²) in [5.41, 5.74) is -1.42. The summed E-state index contributed by atoms with van der Waals surface area (Å²) < 4.78 is 43.3. The van der Waals surface area contributed by atoms with Crippen molar-refractivity contribution in [3.05, 3.63) is 16.1 Å². The number of carbonyl (C=O) groups excluding carboxylic acids is 1. The van der Waals surface area contributed by atoms with E-state index in [-0.39, 0.29) is 42.7 Å². The van der Waals surface area contributed by atoms with Crippen LogP contribution in [0.5, 0.6) is 0 Å². The lowest BCUT2D eigenvalue weighted by molar-refractivity contribution is -0.140. The zero-order valence-corrected chi connectivity index (χ0v) is 18.9. The van der Waals surface area contributed by atoms with Gasteiger partial charge < -0.3 is 19.9 Å². The first-order valence-electron chi connectivity index (χ1n) is 8.57. The number of fused-ring (bicyclic) bond motifs is 1. The molecule has 2 aliphatic heterocycles. The maximum Gasteiger partial charge on any atom is 0.434 e.